The second-order valence-corrected chi connectivity index (χ2v) is 8.68. The lowest BCUT2D eigenvalue weighted by Gasteiger charge is -2.37. The van der Waals surface area contributed by atoms with Gasteiger partial charge in [-0.1, -0.05) is 83.9 Å². The fraction of sp³-hybridized carbons (Fsp3) is 0.269. The largest absolute Gasteiger partial charge is 0.381 e. The third-order valence-corrected chi connectivity index (χ3v) is 6.62. The van der Waals surface area contributed by atoms with Gasteiger partial charge in [-0.05, 0) is 42.5 Å². The Morgan fingerprint density at radius 2 is 1.52 bits per heavy atom. The zero-order valence-electron chi connectivity index (χ0n) is 17.1. The molecule has 1 aliphatic rings. The molecule has 5 heteroatoms. The maximum Gasteiger partial charge on any atom is 0.172 e. The molecule has 1 N–H and O–H groups in total. The number of carbonyl (C=O) groups excluding carboxylic acids is 1. The topological polar surface area (TPSA) is 38.3 Å². The van der Waals surface area contributed by atoms with Crippen LogP contribution in [0.25, 0.3) is 0 Å². The zero-order chi connectivity index (χ0) is 21.6. The number of anilines is 1. The predicted molar refractivity (Wildman–Crippen MR) is 127 cm³/mol. The highest BCUT2D eigenvalue weighted by Gasteiger charge is 2.36. The van der Waals surface area contributed by atoms with Gasteiger partial charge in [0.1, 0.15) is 0 Å². The van der Waals surface area contributed by atoms with Crippen LogP contribution in [-0.4, -0.2) is 25.0 Å². The van der Waals surface area contributed by atoms with Crippen LogP contribution in [0.2, 0.25) is 10.0 Å². The van der Waals surface area contributed by atoms with Crippen LogP contribution in [0.3, 0.4) is 0 Å². The van der Waals surface area contributed by atoms with Gasteiger partial charge in [0, 0.05) is 30.5 Å². The molecule has 31 heavy (non-hydrogen) atoms. The minimum absolute atomic E-state index is 0.107. The van der Waals surface area contributed by atoms with Crippen LogP contribution in [0.4, 0.5) is 5.69 Å². The van der Waals surface area contributed by atoms with Crippen molar-refractivity contribution in [2.24, 2.45) is 5.92 Å². The van der Waals surface area contributed by atoms with E-state index in [0.717, 1.165) is 24.1 Å². The van der Waals surface area contributed by atoms with Crippen LogP contribution in [0, 0.1) is 5.92 Å². The van der Waals surface area contributed by atoms with Gasteiger partial charge in [-0.15, -0.1) is 0 Å². The third kappa shape index (κ3) is 5.30. The highest BCUT2D eigenvalue weighted by atomic mass is 35.5. The molecule has 0 spiro atoms. The Morgan fingerprint density at radius 3 is 2.16 bits per heavy atom. The van der Waals surface area contributed by atoms with Crippen molar-refractivity contribution in [2.45, 2.75) is 24.8 Å². The zero-order valence-corrected chi connectivity index (χ0v) is 18.7. The molecule has 0 aromatic heterocycles. The van der Waals surface area contributed by atoms with Gasteiger partial charge in [-0.2, -0.15) is 0 Å². The fourth-order valence-electron chi connectivity index (χ4n) is 4.29. The standard InChI is InChI=1S/C26H25Cl2NO2/c27-22-12-11-21(17-23(22)28)29-25(19-13-15-31-16-14-19)24(18-7-3-1-4-8-18)26(30)20-9-5-2-6-10-20/h1-12,17,19,24-25,29H,13-16H2. The number of nitrogens with one attached hydrogen (secondary N) is 1. The molecule has 1 heterocycles. The highest BCUT2D eigenvalue weighted by Crippen LogP contribution is 2.36. The molecule has 0 saturated carbocycles. The fourth-order valence-corrected chi connectivity index (χ4v) is 4.59. The quantitative estimate of drug-likeness (QED) is 0.396. The van der Waals surface area contributed by atoms with Crippen molar-refractivity contribution in [2.75, 3.05) is 18.5 Å². The Labute approximate surface area is 193 Å². The number of hydrogen-bond donors (Lipinski definition) is 1. The lowest BCUT2D eigenvalue weighted by Crippen LogP contribution is -2.41. The van der Waals surface area contributed by atoms with Crippen molar-refractivity contribution < 1.29 is 9.53 Å². The van der Waals surface area contributed by atoms with E-state index in [2.05, 4.69) is 5.32 Å². The maximum absolute atomic E-state index is 13.8. The number of Topliss-reactive ketones (excluding diaryl/α,β-unsaturated/α-hetero) is 1. The molecule has 4 rings (SSSR count). The minimum Gasteiger partial charge on any atom is -0.381 e. The molecule has 1 saturated heterocycles. The number of carbonyl (C=O) groups is 1. The second kappa shape index (κ2) is 10.3. The van der Waals surface area contributed by atoms with E-state index in [-0.39, 0.29) is 23.7 Å². The van der Waals surface area contributed by atoms with Crippen molar-refractivity contribution >= 4 is 34.7 Å². The van der Waals surface area contributed by atoms with E-state index in [9.17, 15) is 4.79 Å². The lowest BCUT2D eigenvalue weighted by atomic mass is 9.76. The summed E-state index contributed by atoms with van der Waals surface area (Å²) in [7, 11) is 0. The SMILES string of the molecule is O=C(c1ccccc1)C(c1ccccc1)C(Nc1ccc(Cl)c(Cl)c1)C1CCOCC1. The molecule has 3 nitrogen and oxygen atoms in total. The molecular formula is C26H25Cl2NO2. The van der Waals surface area contributed by atoms with Crippen molar-refractivity contribution in [1.29, 1.82) is 0 Å². The molecule has 3 aromatic rings. The van der Waals surface area contributed by atoms with Crippen LogP contribution < -0.4 is 5.32 Å². The summed E-state index contributed by atoms with van der Waals surface area (Å²) in [4.78, 5) is 13.8. The molecule has 0 radical (unpaired) electrons. The maximum atomic E-state index is 13.8. The van der Waals surface area contributed by atoms with E-state index in [1.165, 1.54) is 0 Å². The summed E-state index contributed by atoms with van der Waals surface area (Å²) >= 11 is 12.4. The Hall–Kier alpha value is -2.33. The van der Waals surface area contributed by atoms with Gasteiger partial charge in [0.15, 0.2) is 5.78 Å². The van der Waals surface area contributed by atoms with Gasteiger partial charge in [0.2, 0.25) is 0 Å². The molecular weight excluding hydrogens is 429 g/mol. The van der Waals surface area contributed by atoms with Gasteiger partial charge >= 0.3 is 0 Å². The first-order valence-electron chi connectivity index (χ1n) is 10.6. The Bertz CT molecular complexity index is 1000. The first kappa shape index (κ1) is 21.9. The van der Waals surface area contributed by atoms with Crippen molar-refractivity contribution in [1.82, 2.24) is 0 Å². The summed E-state index contributed by atoms with van der Waals surface area (Å²) in [5.74, 6) is 0.0399. The molecule has 160 valence electrons. The summed E-state index contributed by atoms with van der Waals surface area (Å²) in [5.41, 5.74) is 2.57. The van der Waals surface area contributed by atoms with Gasteiger partial charge in [-0.3, -0.25) is 4.79 Å². The van der Waals surface area contributed by atoms with E-state index in [1.54, 1.807) is 6.07 Å². The van der Waals surface area contributed by atoms with Crippen molar-refractivity contribution in [3.8, 4) is 0 Å². The van der Waals surface area contributed by atoms with E-state index in [0.29, 0.717) is 28.8 Å². The average Bonchev–Trinajstić information content (AvgIpc) is 2.82. The smallest absolute Gasteiger partial charge is 0.172 e. The van der Waals surface area contributed by atoms with E-state index in [1.807, 2.05) is 72.8 Å². The van der Waals surface area contributed by atoms with Crippen LogP contribution in [0.15, 0.2) is 78.9 Å². The average molecular weight is 454 g/mol. The number of rotatable bonds is 7. The van der Waals surface area contributed by atoms with E-state index in [4.69, 9.17) is 27.9 Å². The van der Waals surface area contributed by atoms with Crippen LogP contribution in [0.5, 0.6) is 0 Å². The number of ether oxygens (including phenoxy) is 1. The summed E-state index contributed by atoms with van der Waals surface area (Å²) in [6.45, 7) is 1.40. The Kier molecular flexibility index (Phi) is 7.29. The molecule has 0 bridgehead atoms. The van der Waals surface area contributed by atoms with Gasteiger partial charge in [0.25, 0.3) is 0 Å². The lowest BCUT2D eigenvalue weighted by molar-refractivity contribution is 0.0559. The van der Waals surface area contributed by atoms with Crippen molar-refractivity contribution in [3.63, 3.8) is 0 Å². The van der Waals surface area contributed by atoms with Crippen LogP contribution in [0.1, 0.15) is 34.7 Å². The molecule has 2 atom stereocenters. The van der Waals surface area contributed by atoms with E-state index >= 15 is 0 Å². The number of halogens is 2. The first-order valence-corrected chi connectivity index (χ1v) is 11.3. The van der Waals surface area contributed by atoms with Crippen molar-refractivity contribution in [3.05, 3.63) is 100 Å². The molecule has 0 aliphatic carbocycles. The third-order valence-electron chi connectivity index (χ3n) is 5.89. The van der Waals surface area contributed by atoms with Gasteiger partial charge in [0.05, 0.1) is 16.0 Å². The van der Waals surface area contributed by atoms with Crippen LogP contribution >= 0.6 is 23.2 Å². The predicted octanol–water partition coefficient (Wildman–Crippen LogP) is 6.87. The molecule has 1 aliphatic heterocycles. The van der Waals surface area contributed by atoms with E-state index < -0.39 is 0 Å². The van der Waals surface area contributed by atoms with Crippen LogP contribution in [-0.2, 0) is 4.74 Å². The number of ketones is 1. The monoisotopic (exact) mass is 453 g/mol. The van der Waals surface area contributed by atoms with Gasteiger partial charge in [-0.25, -0.2) is 0 Å². The highest BCUT2D eigenvalue weighted by molar-refractivity contribution is 6.42. The second-order valence-electron chi connectivity index (χ2n) is 7.87. The minimum atomic E-state index is -0.346. The Balaban J connectivity index is 1.76. The summed E-state index contributed by atoms with van der Waals surface area (Å²) < 4.78 is 5.61. The van der Waals surface area contributed by atoms with Gasteiger partial charge < -0.3 is 10.1 Å². The number of hydrogen-bond acceptors (Lipinski definition) is 3. The summed E-state index contributed by atoms with van der Waals surface area (Å²) in [6.07, 6.45) is 1.79. The molecule has 3 aromatic carbocycles. The molecule has 0 amide bonds. The first-order chi connectivity index (χ1) is 15.1. The Morgan fingerprint density at radius 1 is 0.871 bits per heavy atom. The summed E-state index contributed by atoms with van der Waals surface area (Å²) in [6, 6.07) is 24.9. The normalized spacial score (nSPS) is 16.5. The summed E-state index contributed by atoms with van der Waals surface area (Å²) in [5, 5.41) is 4.64. The molecule has 1 fully saturated rings. The number of benzene rings is 3. The molecule has 2 unspecified atom stereocenters.